The van der Waals surface area contributed by atoms with Crippen LogP contribution in [0.4, 0.5) is 0 Å². The van der Waals surface area contributed by atoms with Crippen molar-refractivity contribution in [2.75, 3.05) is 26.2 Å². The number of rotatable bonds is 4. The largest absolute Gasteiger partial charge is 0.343 e. The highest BCUT2D eigenvalue weighted by atomic mass is 16.2. The lowest BCUT2D eigenvalue weighted by Crippen LogP contribution is -2.38. The Bertz CT molecular complexity index is 628. The molecule has 2 aliphatic heterocycles. The van der Waals surface area contributed by atoms with Gasteiger partial charge in [0.2, 0.25) is 5.91 Å². The lowest BCUT2D eigenvalue weighted by atomic mass is 9.92. The summed E-state index contributed by atoms with van der Waals surface area (Å²) in [5.74, 6) is 1.57. The Hall–Kier alpha value is -1.69. The van der Waals surface area contributed by atoms with Crippen LogP contribution in [0.5, 0.6) is 0 Å². The van der Waals surface area contributed by atoms with Crippen LogP contribution >= 0.6 is 0 Å². The number of amides is 1. The van der Waals surface area contributed by atoms with Gasteiger partial charge in [0.05, 0.1) is 6.04 Å². The van der Waals surface area contributed by atoms with Gasteiger partial charge < -0.3 is 9.88 Å². The van der Waals surface area contributed by atoms with Crippen LogP contribution in [0, 0.1) is 12.8 Å². The van der Waals surface area contributed by atoms with Crippen LogP contribution < -0.4 is 5.56 Å². The van der Waals surface area contributed by atoms with Crippen LogP contribution in [0.3, 0.4) is 0 Å². The lowest BCUT2D eigenvalue weighted by molar-refractivity contribution is -0.131. The van der Waals surface area contributed by atoms with E-state index in [9.17, 15) is 9.59 Å². The smallest absolute Gasteiger partial charge is 0.251 e. The number of H-pyrrole nitrogens is 1. The fourth-order valence-electron chi connectivity index (χ4n) is 3.86. The van der Waals surface area contributed by atoms with E-state index in [2.05, 4.69) is 21.8 Å². The molecule has 1 aromatic heterocycles. The summed E-state index contributed by atoms with van der Waals surface area (Å²) in [6.45, 7) is 7.74. The summed E-state index contributed by atoms with van der Waals surface area (Å²) in [5.41, 5.74) is 0.669. The highest BCUT2D eigenvalue weighted by Gasteiger charge is 2.28. The van der Waals surface area contributed by atoms with E-state index >= 15 is 0 Å². The molecule has 1 amide bonds. The molecule has 6 nitrogen and oxygen atoms in total. The van der Waals surface area contributed by atoms with Crippen LogP contribution in [0.2, 0.25) is 0 Å². The quantitative estimate of drug-likeness (QED) is 0.914. The van der Waals surface area contributed by atoms with Gasteiger partial charge in [-0.25, -0.2) is 4.98 Å². The Kier molecular flexibility index (Phi) is 5.33. The molecule has 0 radical (unpaired) electrons. The van der Waals surface area contributed by atoms with Gasteiger partial charge in [-0.1, -0.05) is 0 Å². The van der Waals surface area contributed by atoms with Gasteiger partial charge in [-0.05, 0) is 58.5 Å². The van der Waals surface area contributed by atoms with Gasteiger partial charge in [-0.3, -0.25) is 14.5 Å². The van der Waals surface area contributed by atoms with Gasteiger partial charge in [0.25, 0.3) is 5.56 Å². The van der Waals surface area contributed by atoms with Crippen LogP contribution in [0.1, 0.15) is 56.6 Å². The van der Waals surface area contributed by atoms with Gasteiger partial charge in [-0.15, -0.1) is 0 Å². The van der Waals surface area contributed by atoms with Crippen LogP contribution in [0.15, 0.2) is 10.9 Å². The number of aryl methyl sites for hydroxylation is 1. The molecule has 6 heteroatoms. The van der Waals surface area contributed by atoms with E-state index in [0.717, 1.165) is 63.4 Å². The number of hydrogen-bond donors (Lipinski definition) is 1. The summed E-state index contributed by atoms with van der Waals surface area (Å²) >= 11 is 0. The summed E-state index contributed by atoms with van der Waals surface area (Å²) in [4.78, 5) is 35.6. The summed E-state index contributed by atoms with van der Waals surface area (Å²) in [6, 6.07) is 1.62. The number of nitrogens with zero attached hydrogens (tertiary/aromatic N) is 3. The molecule has 2 aliphatic rings. The normalized spacial score (nSPS) is 21.2. The van der Waals surface area contributed by atoms with E-state index in [1.54, 1.807) is 0 Å². The van der Waals surface area contributed by atoms with Crippen LogP contribution in [0.25, 0.3) is 0 Å². The Balaban J connectivity index is 1.52. The molecule has 2 saturated heterocycles. The van der Waals surface area contributed by atoms with Gasteiger partial charge in [0, 0.05) is 31.3 Å². The molecule has 1 atom stereocenters. The number of aromatic amines is 1. The van der Waals surface area contributed by atoms with Crippen molar-refractivity contribution in [3.8, 4) is 0 Å². The second-order valence-electron chi connectivity index (χ2n) is 7.22. The zero-order chi connectivity index (χ0) is 17.1. The standard InChI is InChI=1S/C18H28N4O2/c1-13-11-16(23)20-18(19-13)14(2)21-9-5-15(6-10-21)12-17(24)22-7-3-4-8-22/h11,14-15H,3-10,12H2,1-2H3,(H,19,20,23). The molecule has 0 saturated carbocycles. The summed E-state index contributed by atoms with van der Waals surface area (Å²) < 4.78 is 0. The van der Waals surface area contributed by atoms with E-state index < -0.39 is 0 Å². The number of hydrogen-bond acceptors (Lipinski definition) is 4. The third kappa shape index (κ3) is 4.04. The lowest BCUT2D eigenvalue weighted by Gasteiger charge is -2.35. The number of piperidine rings is 1. The van der Waals surface area contributed by atoms with Crippen molar-refractivity contribution in [2.45, 2.75) is 52.0 Å². The summed E-state index contributed by atoms with van der Waals surface area (Å²) in [5, 5.41) is 0. The minimum Gasteiger partial charge on any atom is -0.343 e. The zero-order valence-corrected chi connectivity index (χ0v) is 14.8. The Morgan fingerprint density at radius 2 is 1.96 bits per heavy atom. The molecule has 1 aromatic rings. The molecular formula is C18H28N4O2. The van der Waals surface area contributed by atoms with Gasteiger partial charge in [-0.2, -0.15) is 0 Å². The molecule has 24 heavy (non-hydrogen) atoms. The maximum atomic E-state index is 12.3. The van der Waals surface area contributed by atoms with Crippen molar-refractivity contribution in [2.24, 2.45) is 5.92 Å². The fourth-order valence-corrected chi connectivity index (χ4v) is 3.86. The molecule has 0 aliphatic carbocycles. The average Bonchev–Trinajstić information content (AvgIpc) is 3.08. The van der Waals surface area contributed by atoms with Gasteiger partial charge in [0.15, 0.2) is 0 Å². The number of aromatic nitrogens is 2. The number of nitrogens with one attached hydrogen (secondary N) is 1. The fraction of sp³-hybridized carbons (Fsp3) is 0.722. The first-order chi connectivity index (χ1) is 11.5. The number of carbonyl (C=O) groups is 1. The first-order valence-electron chi connectivity index (χ1n) is 9.12. The van der Waals surface area contributed by atoms with Crippen molar-refractivity contribution in [1.29, 1.82) is 0 Å². The molecule has 3 rings (SSSR count). The van der Waals surface area contributed by atoms with Crippen molar-refractivity contribution < 1.29 is 4.79 Å². The van der Waals surface area contributed by atoms with Crippen molar-refractivity contribution in [3.63, 3.8) is 0 Å². The summed E-state index contributed by atoms with van der Waals surface area (Å²) in [6.07, 6.45) is 5.09. The predicted octanol–water partition coefficient (Wildman–Crippen LogP) is 1.86. The minimum absolute atomic E-state index is 0.0876. The molecule has 2 fully saturated rings. The summed E-state index contributed by atoms with van der Waals surface area (Å²) in [7, 11) is 0. The third-order valence-corrected chi connectivity index (χ3v) is 5.40. The predicted molar refractivity (Wildman–Crippen MR) is 92.7 cm³/mol. The second-order valence-corrected chi connectivity index (χ2v) is 7.22. The monoisotopic (exact) mass is 332 g/mol. The SMILES string of the molecule is Cc1cc(=O)[nH]c(C(C)N2CCC(CC(=O)N3CCCC3)CC2)n1. The first kappa shape index (κ1) is 17.1. The molecule has 0 spiro atoms. The van der Waals surface area contributed by atoms with Crippen LogP contribution in [-0.2, 0) is 4.79 Å². The topological polar surface area (TPSA) is 69.3 Å². The second kappa shape index (κ2) is 7.47. The van der Waals surface area contributed by atoms with Crippen LogP contribution in [-0.4, -0.2) is 51.9 Å². The Labute approximate surface area is 143 Å². The maximum absolute atomic E-state index is 12.3. The van der Waals surface area contributed by atoms with E-state index in [4.69, 9.17) is 0 Å². The molecule has 0 bridgehead atoms. The molecule has 1 unspecified atom stereocenters. The molecule has 1 N–H and O–H groups in total. The van der Waals surface area contributed by atoms with E-state index in [-0.39, 0.29) is 11.6 Å². The Morgan fingerprint density at radius 3 is 2.58 bits per heavy atom. The molecular weight excluding hydrogens is 304 g/mol. The van der Waals surface area contributed by atoms with Crippen molar-refractivity contribution >= 4 is 5.91 Å². The zero-order valence-electron chi connectivity index (χ0n) is 14.8. The van der Waals surface area contributed by atoms with Crippen molar-refractivity contribution in [1.82, 2.24) is 19.8 Å². The van der Waals surface area contributed by atoms with Crippen molar-refractivity contribution in [3.05, 3.63) is 27.9 Å². The number of carbonyl (C=O) groups excluding carboxylic acids is 1. The molecule has 3 heterocycles. The van der Waals surface area contributed by atoms with Gasteiger partial charge >= 0.3 is 0 Å². The Morgan fingerprint density at radius 1 is 1.29 bits per heavy atom. The third-order valence-electron chi connectivity index (χ3n) is 5.40. The molecule has 0 aromatic carbocycles. The van der Waals surface area contributed by atoms with E-state index in [0.29, 0.717) is 18.2 Å². The van der Waals surface area contributed by atoms with E-state index in [1.807, 2.05) is 11.8 Å². The minimum atomic E-state index is -0.0876. The van der Waals surface area contributed by atoms with E-state index in [1.165, 1.54) is 6.07 Å². The highest BCUT2D eigenvalue weighted by molar-refractivity contribution is 5.76. The number of likely N-dealkylation sites (tertiary alicyclic amines) is 2. The molecule has 132 valence electrons. The average molecular weight is 332 g/mol. The van der Waals surface area contributed by atoms with Gasteiger partial charge in [0.1, 0.15) is 5.82 Å². The maximum Gasteiger partial charge on any atom is 0.251 e. The first-order valence-corrected chi connectivity index (χ1v) is 9.12. The highest BCUT2D eigenvalue weighted by Crippen LogP contribution is 2.27.